The van der Waals surface area contributed by atoms with Crippen LogP contribution in [0.25, 0.3) is 0 Å². The van der Waals surface area contributed by atoms with Crippen molar-refractivity contribution in [2.75, 3.05) is 18.1 Å². The van der Waals surface area contributed by atoms with E-state index in [0.29, 0.717) is 17.3 Å². The molecule has 1 aromatic rings. The molecule has 0 aliphatic heterocycles. The minimum Gasteiger partial charge on any atom is -0.399 e. The first-order valence-electron chi connectivity index (χ1n) is 6.41. The zero-order valence-electron chi connectivity index (χ0n) is 11.9. The third kappa shape index (κ3) is 3.84. The third-order valence-corrected chi connectivity index (χ3v) is 4.90. The van der Waals surface area contributed by atoms with Crippen LogP contribution in [0.5, 0.6) is 0 Å². The van der Waals surface area contributed by atoms with Crippen LogP contribution in [0.4, 0.5) is 11.4 Å². The quantitative estimate of drug-likeness (QED) is 0.698. The first-order valence-corrected chi connectivity index (χ1v) is 7.89. The van der Waals surface area contributed by atoms with Crippen molar-refractivity contribution < 1.29 is 8.42 Å². The summed E-state index contributed by atoms with van der Waals surface area (Å²) in [6, 6.07) is 5.05. The zero-order chi connectivity index (χ0) is 14.6. The Morgan fingerprint density at radius 3 is 2.47 bits per heavy atom. The van der Waals surface area contributed by atoms with Gasteiger partial charge in [0.2, 0.25) is 10.0 Å². The van der Waals surface area contributed by atoms with Gasteiger partial charge in [-0.15, -0.1) is 0 Å². The standard InChI is InChI=1S/C13H23N3O2S/c1-5-9(2)10(3)16-12-7-6-11(14)8-13(12)19(17,18)15-4/h6-10,15-16H,5,14H2,1-4H3. The summed E-state index contributed by atoms with van der Waals surface area (Å²) in [5.74, 6) is 0.447. The van der Waals surface area contributed by atoms with Gasteiger partial charge >= 0.3 is 0 Å². The van der Waals surface area contributed by atoms with Crippen molar-refractivity contribution in [3.63, 3.8) is 0 Å². The van der Waals surface area contributed by atoms with Crippen LogP contribution in [-0.4, -0.2) is 21.5 Å². The summed E-state index contributed by atoms with van der Waals surface area (Å²) >= 11 is 0. The van der Waals surface area contributed by atoms with Crippen LogP contribution in [0.2, 0.25) is 0 Å². The van der Waals surface area contributed by atoms with Crippen LogP contribution in [-0.2, 0) is 10.0 Å². The minimum atomic E-state index is -3.52. The van der Waals surface area contributed by atoms with Gasteiger partial charge in [0, 0.05) is 11.7 Å². The van der Waals surface area contributed by atoms with E-state index in [1.807, 2.05) is 6.92 Å². The molecule has 1 aromatic carbocycles. The van der Waals surface area contributed by atoms with Gasteiger partial charge in [0.15, 0.2) is 0 Å². The highest BCUT2D eigenvalue weighted by atomic mass is 32.2. The second-order valence-electron chi connectivity index (χ2n) is 4.78. The maximum absolute atomic E-state index is 12.0. The van der Waals surface area contributed by atoms with Crippen molar-refractivity contribution >= 4 is 21.4 Å². The Morgan fingerprint density at radius 2 is 1.95 bits per heavy atom. The fraction of sp³-hybridized carbons (Fsp3) is 0.538. The van der Waals surface area contributed by atoms with E-state index in [4.69, 9.17) is 5.73 Å². The minimum absolute atomic E-state index is 0.180. The van der Waals surface area contributed by atoms with Gasteiger partial charge in [-0.2, -0.15) is 0 Å². The average molecular weight is 285 g/mol. The Hall–Kier alpha value is -1.27. The molecule has 0 saturated heterocycles. The van der Waals surface area contributed by atoms with E-state index in [1.165, 1.54) is 13.1 Å². The Bertz CT molecular complexity index is 529. The zero-order valence-corrected chi connectivity index (χ0v) is 12.7. The summed E-state index contributed by atoms with van der Waals surface area (Å²) in [4.78, 5) is 0.185. The number of nitrogen functional groups attached to an aromatic ring is 1. The van der Waals surface area contributed by atoms with Crippen LogP contribution < -0.4 is 15.8 Å². The summed E-state index contributed by atoms with van der Waals surface area (Å²) in [5.41, 5.74) is 6.68. The third-order valence-electron chi connectivity index (χ3n) is 3.44. The topological polar surface area (TPSA) is 84.2 Å². The molecule has 0 fully saturated rings. The highest BCUT2D eigenvalue weighted by Gasteiger charge is 2.19. The molecule has 1 rings (SSSR count). The monoisotopic (exact) mass is 285 g/mol. The molecule has 108 valence electrons. The molecule has 19 heavy (non-hydrogen) atoms. The van der Waals surface area contributed by atoms with E-state index in [-0.39, 0.29) is 10.9 Å². The molecule has 0 aliphatic rings. The van der Waals surface area contributed by atoms with E-state index in [1.54, 1.807) is 12.1 Å². The SMILES string of the molecule is CCC(C)C(C)Nc1ccc(N)cc1S(=O)(=O)NC. The lowest BCUT2D eigenvalue weighted by atomic mass is 10.0. The normalized spacial score (nSPS) is 14.9. The van der Waals surface area contributed by atoms with Crippen LogP contribution >= 0.6 is 0 Å². The van der Waals surface area contributed by atoms with Gasteiger partial charge in [-0.3, -0.25) is 0 Å². The number of hydrogen-bond acceptors (Lipinski definition) is 4. The molecular weight excluding hydrogens is 262 g/mol. The van der Waals surface area contributed by atoms with Crippen molar-refractivity contribution in [1.82, 2.24) is 4.72 Å². The van der Waals surface area contributed by atoms with Crippen LogP contribution in [0, 0.1) is 5.92 Å². The molecule has 0 aromatic heterocycles. The number of sulfonamides is 1. The molecule has 0 spiro atoms. The molecule has 2 unspecified atom stereocenters. The van der Waals surface area contributed by atoms with Gasteiger partial charge < -0.3 is 11.1 Å². The second kappa shape index (κ2) is 6.25. The molecule has 6 heteroatoms. The Kier molecular flexibility index (Phi) is 5.20. The Labute approximate surface area is 115 Å². The first kappa shape index (κ1) is 15.8. The molecule has 0 heterocycles. The van der Waals surface area contributed by atoms with E-state index in [9.17, 15) is 8.42 Å². The van der Waals surface area contributed by atoms with Gasteiger partial charge in [-0.25, -0.2) is 13.1 Å². The lowest BCUT2D eigenvalue weighted by Crippen LogP contribution is -2.26. The van der Waals surface area contributed by atoms with Crippen LogP contribution in [0.1, 0.15) is 27.2 Å². The number of anilines is 2. The summed E-state index contributed by atoms with van der Waals surface area (Å²) in [6.45, 7) is 6.28. The number of hydrogen-bond donors (Lipinski definition) is 3. The first-order chi connectivity index (χ1) is 8.81. The molecule has 0 aliphatic carbocycles. The van der Waals surface area contributed by atoms with Crippen molar-refractivity contribution in [3.05, 3.63) is 18.2 Å². The highest BCUT2D eigenvalue weighted by molar-refractivity contribution is 7.89. The molecule has 0 radical (unpaired) electrons. The summed E-state index contributed by atoms with van der Waals surface area (Å²) in [5, 5.41) is 3.25. The largest absolute Gasteiger partial charge is 0.399 e. The smallest absolute Gasteiger partial charge is 0.242 e. The lowest BCUT2D eigenvalue weighted by molar-refractivity contribution is 0.494. The van der Waals surface area contributed by atoms with Gasteiger partial charge in [-0.05, 0) is 38.1 Å². The average Bonchev–Trinajstić information content (AvgIpc) is 2.39. The maximum Gasteiger partial charge on any atom is 0.242 e. The second-order valence-corrected chi connectivity index (χ2v) is 6.64. The molecule has 5 nitrogen and oxygen atoms in total. The van der Waals surface area contributed by atoms with E-state index in [0.717, 1.165) is 6.42 Å². The summed E-state index contributed by atoms with van der Waals surface area (Å²) in [6.07, 6.45) is 1.03. The van der Waals surface area contributed by atoms with Crippen molar-refractivity contribution in [1.29, 1.82) is 0 Å². The number of benzene rings is 1. The van der Waals surface area contributed by atoms with Crippen molar-refractivity contribution in [2.45, 2.75) is 38.1 Å². The molecule has 0 saturated carbocycles. The van der Waals surface area contributed by atoms with Crippen molar-refractivity contribution in [3.8, 4) is 0 Å². The van der Waals surface area contributed by atoms with Gasteiger partial charge in [-0.1, -0.05) is 20.3 Å². The highest BCUT2D eigenvalue weighted by Crippen LogP contribution is 2.25. The maximum atomic E-state index is 12.0. The van der Waals surface area contributed by atoms with Gasteiger partial charge in [0.25, 0.3) is 0 Å². The molecular formula is C13H23N3O2S. The summed E-state index contributed by atoms with van der Waals surface area (Å²) < 4.78 is 26.3. The molecule has 0 amide bonds. The van der Waals surface area contributed by atoms with Crippen LogP contribution in [0.15, 0.2) is 23.1 Å². The fourth-order valence-electron chi connectivity index (χ4n) is 1.73. The predicted octanol–water partition coefficient (Wildman–Crippen LogP) is 2.02. The number of rotatable bonds is 6. The van der Waals surface area contributed by atoms with Crippen LogP contribution in [0.3, 0.4) is 0 Å². The number of nitrogens with two attached hydrogens (primary N) is 1. The van der Waals surface area contributed by atoms with Gasteiger partial charge in [0.1, 0.15) is 4.90 Å². The van der Waals surface area contributed by atoms with E-state index < -0.39 is 10.0 Å². The van der Waals surface area contributed by atoms with E-state index >= 15 is 0 Å². The summed E-state index contributed by atoms with van der Waals surface area (Å²) in [7, 11) is -2.13. The Morgan fingerprint density at radius 1 is 1.32 bits per heavy atom. The number of nitrogens with one attached hydrogen (secondary N) is 2. The van der Waals surface area contributed by atoms with Crippen molar-refractivity contribution in [2.24, 2.45) is 5.92 Å². The fourth-order valence-corrected chi connectivity index (χ4v) is 2.66. The molecule has 2 atom stereocenters. The molecule has 4 N–H and O–H groups in total. The van der Waals surface area contributed by atoms with Gasteiger partial charge in [0.05, 0.1) is 5.69 Å². The Balaban J connectivity index is 3.15. The van der Waals surface area contributed by atoms with E-state index in [2.05, 4.69) is 23.9 Å². The predicted molar refractivity (Wildman–Crippen MR) is 79.6 cm³/mol. The lowest BCUT2D eigenvalue weighted by Gasteiger charge is -2.23. The molecule has 0 bridgehead atoms.